The first-order valence-corrected chi connectivity index (χ1v) is 13.1. The molecule has 8 nitrogen and oxygen atoms in total. The summed E-state index contributed by atoms with van der Waals surface area (Å²) < 4.78 is 7.34. The summed E-state index contributed by atoms with van der Waals surface area (Å²) in [6.45, 7) is 1.85. The first kappa shape index (κ1) is 26.3. The number of carbonyl (C=O) groups excluding carboxylic acids is 1. The summed E-state index contributed by atoms with van der Waals surface area (Å²) in [6, 6.07) is 28.8. The van der Waals surface area contributed by atoms with Crippen LogP contribution in [0.4, 0.5) is 0 Å². The third-order valence-electron chi connectivity index (χ3n) is 7.36. The molecule has 39 heavy (non-hydrogen) atoms. The van der Waals surface area contributed by atoms with Gasteiger partial charge in [0.15, 0.2) is 0 Å². The lowest BCUT2D eigenvalue weighted by atomic mass is 9.68. The fourth-order valence-electron chi connectivity index (χ4n) is 5.35. The number of aliphatic hydroxyl groups excluding tert-OH is 1. The van der Waals surface area contributed by atoms with Crippen molar-refractivity contribution in [2.24, 2.45) is 0 Å². The van der Waals surface area contributed by atoms with Crippen LogP contribution in [-0.4, -0.2) is 39.3 Å². The van der Waals surface area contributed by atoms with Crippen LogP contribution in [0.25, 0.3) is 0 Å². The van der Waals surface area contributed by atoms with E-state index in [1.165, 1.54) is 10.8 Å². The molecule has 0 aliphatic carbocycles. The Morgan fingerprint density at radius 3 is 1.95 bits per heavy atom. The Kier molecular flexibility index (Phi) is 7.58. The molecule has 0 spiro atoms. The predicted molar refractivity (Wildman–Crippen MR) is 147 cm³/mol. The minimum Gasteiger partial charge on any atom is -0.390 e. The molecule has 1 unspecified atom stereocenters. The van der Waals surface area contributed by atoms with Crippen LogP contribution in [0.1, 0.15) is 41.8 Å². The van der Waals surface area contributed by atoms with Crippen molar-refractivity contribution in [2.75, 3.05) is 6.54 Å². The highest BCUT2D eigenvalue weighted by Gasteiger charge is 2.44. The molecule has 1 fully saturated rings. The largest absolute Gasteiger partial charge is 0.390 e. The van der Waals surface area contributed by atoms with Gasteiger partial charge in [-0.2, -0.15) is 0 Å². The smallest absolute Gasteiger partial charge is 0.330 e. The molecule has 5 rings (SSSR count). The molecule has 0 saturated carbocycles. The second kappa shape index (κ2) is 11.2. The molecular weight excluding hydrogens is 494 g/mol. The van der Waals surface area contributed by atoms with Gasteiger partial charge in [-0.3, -0.25) is 19.1 Å². The zero-order valence-corrected chi connectivity index (χ0v) is 21.6. The van der Waals surface area contributed by atoms with Gasteiger partial charge in [0.2, 0.25) is 5.91 Å². The molecular formula is C31H31N3O5. The molecule has 3 aromatic carbocycles. The third-order valence-corrected chi connectivity index (χ3v) is 7.36. The Morgan fingerprint density at radius 2 is 1.46 bits per heavy atom. The van der Waals surface area contributed by atoms with Gasteiger partial charge in [0.05, 0.1) is 6.10 Å². The van der Waals surface area contributed by atoms with E-state index in [4.69, 9.17) is 4.74 Å². The number of rotatable bonds is 8. The van der Waals surface area contributed by atoms with Crippen LogP contribution in [0, 0.1) is 0 Å². The van der Waals surface area contributed by atoms with E-state index >= 15 is 0 Å². The van der Waals surface area contributed by atoms with E-state index in [1.807, 2.05) is 97.9 Å². The van der Waals surface area contributed by atoms with E-state index in [-0.39, 0.29) is 18.9 Å². The van der Waals surface area contributed by atoms with Crippen molar-refractivity contribution < 1.29 is 14.6 Å². The number of aromatic nitrogens is 2. The molecule has 1 aliphatic rings. The lowest BCUT2D eigenvalue weighted by Gasteiger charge is -2.35. The number of benzene rings is 3. The summed E-state index contributed by atoms with van der Waals surface area (Å²) in [7, 11) is 0. The molecule has 4 aromatic rings. The van der Waals surface area contributed by atoms with Crippen LogP contribution in [0.5, 0.6) is 0 Å². The number of amides is 1. The van der Waals surface area contributed by atoms with Crippen molar-refractivity contribution in [3.63, 3.8) is 0 Å². The summed E-state index contributed by atoms with van der Waals surface area (Å²) in [5, 5.41) is 13.8. The van der Waals surface area contributed by atoms with Crippen LogP contribution in [-0.2, 0) is 21.4 Å². The fraction of sp³-hybridized carbons (Fsp3) is 0.258. The summed E-state index contributed by atoms with van der Waals surface area (Å²) in [6.07, 6.45) is -0.354. The molecule has 0 radical (unpaired) electrons. The lowest BCUT2D eigenvalue weighted by molar-refractivity contribution is -0.125. The van der Waals surface area contributed by atoms with Crippen molar-refractivity contribution in [1.82, 2.24) is 14.9 Å². The number of ether oxygens (including phenoxy) is 1. The van der Waals surface area contributed by atoms with E-state index in [0.29, 0.717) is 12.0 Å². The van der Waals surface area contributed by atoms with E-state index in [2.05, 4.69) is 10.3 Å². The van der Waals surface area contributed by atoms with E-state index in [9.17, 15) is 19.5 Å². The quantitative estimate of drug-likeness (QED) is 0.306. The molecule has 200 valence electrons. The minimum atomic E-state index is -1.15. The second-order valence-corrected chi connectivity index (χ2v) is 9.66. The summed E-state index contributed by atoms with van der Waals surface area (Å²) in [5.74, 6) is -0.264. The van der Waals surface area contributed by atoms with Crippen LogP contribution < -0.4 is 16.6 Å². The van der Waals surface area contributed by atoms with Gasteiger partial charge in [-0.25, -0.2) is 4.79 Å². The summed E-state index contributed by atoms with van der Waals surface area (Å²) >= 11 is 0. The molecule has 1 saturated heterocycles. The van der Waals surface area contributed by atoms with Crippen LogP contribution >= 0.6 is 0 Å². The van der Waals surface area contributed by atoms with Crippen molar-refractivity contribution in [1.29, 1.82) is 0 Å². The first-order chi connectivity index (χ1) is 18.9. The standard InChI is InChI=1S/C31H31N3O5/c1-2-21-20-34(30(38)33-28(21)36)27-18-25(35)26(39-27)19-32-29(37)31(22-12-6-3-7-13-22,23-14-8-4-9-15-23)24-16-10-5-11-17-24/h3-17,20,25-27,35H,2,18-19H2,1H3,(H,32,37)(H,33,36,38)/t25?,26-,27-/m0/s1. The van der Waals surface area contributed by atoms with Gasteiger partial charge in [0.25, 0.3) is 5.56 Å². The molecule has 1 aromatic heterocycles. The van der Waals surface area contributed by atoms with Gasteiger partial charge in [0, 0.05) is 24.7 Å². The van der Waals surface area contributed by atoms with Gasteiger partial charge < -0.3 is 15.2 Å². The minimum absolute atomic E-state index is 0.0312. The molecule has 1 aliphatic heterocycles. The fourth-order valence-corrected chi connectivity index (χ4v) is 5.35. The molecule has 0 bridgehead atoms. The van der Waals surface area contributed by atoms with Crippen molar-refractivity contribution >= 4 is 5.91 Å². The second-order valence-electron chi connectivity index (χ2n) is 9.66. The topological polar surface area (TPSA) is 113 Å². The molecule has 1 amide bonds. The van der Waals surface area contributed by atoms with Crippen molar-refractivity contribution in [3.05, 3.63) is 140 Å². The maximum absolute atomic E-state index is 14.3. The number of aryl methyl sites for hydroxylation is 1. The number of carbonyl (C=O) groups is 1. The maximum Gasteiger partial charge on any atom is 0.330 e. The SMILES string of the molecule is CCc1cn([C@@H]2CC(O)[C@H](CNC(=O)C(c3ccccc3)(c3ccccc3)c3ccccc3)O2)c(=O)[nH]c1=O. The zero-order valence-electron chi connectivity index (χ0n) is 21.6. The number of nitrogens with zero attached hydrogens (tertiary/aromatic N) is 1. The Bertz CT molecular complexity index is 1440. The zero-order chi connectivity index (χ0) is 27.4. The normalized spacial score (nSPS) is 19.1. The third kappa shape index (κ3) is 4.96. The Morgan fingerprint density at radius 1 is 0.949 bits per heavy atom. The number of hydrogen-bond donors (Lipinski definition) is 3. The number of H-pyrrole nitrogens is 1. The monoisotopic (exact) mass is 525 g/mol. The average Bonchev–Trinajstić information content (AvgIpc) is 3.34. The van der Waals surface area contributed by atoms with Crippen LogP contribution in [0.3, 0.4) is 0 Å². The van der Waals surface area contributed by atoms with Gasteiger partial charge >= 0.3 is 5.69 Å². The highest BCUT2D eigenvalue weighted by molar-refractivity contribution is 5.96. The first-order valence-electron chi connectivity index (χ1n) is 13.1. The lowest BCUT2D eigenvalue weighted by Crippen LogP contribution is -2.49. The van der Waals surface area contributed by atoms with Gasteiger partial charge in [-0.05, 0) is 23.1 Å². The van der Waals surface area contributed by atoms with Crippen molar-refractivity contribution in [2.45, 2.75) is 43.6 Å². The number of aromatic amines is 1. The molecule has 3 atom stereocenters. The van der Waals surface area contributed by atoms with E-state index < -0.39 is 35.1 Å². The molecule has 3 N–H and O–H groups in total. The Labute approximate surface area is 225 Å². The van der Waals surface area contributed by atoms with E-state index in [0.717, 1.165) is 16.7 Å². The number of nitrogens with one attached hydrogen (secondary N) is 2. The Hall–Kier alpha value is -4.27. The molecule has 8 heteroatoms. The summed E-state index contributed by atoms with van der Waals surface area (Å²) in [4.78, 5) is 41.1. The summed E-state index contributed by atoms with van der Waals surface area (Å²) in [5.41, 5.74) is 0.671. The van der Waals surface area contributed by atoms with Gasteiger partial charge in [0.1, 0.15) is 17.7 Å². The number of aliphatic hydroxyl groups is 1. The average molecular weight is 526 g/mol. The van der Waals surface area contributed by atoms with E-state index in [1.54, 1.807) is 0 Å². The van der Waals surface area contributed by atoms with Crippen molar-refractivity contribution in [3.8, 4) is 0 Å². The predicted octanol–water partition coefficient (Wildman–Crippen LogP) is 2.90. The van der Waals surface area contributed by atoms with Crippen LogP contribution in [0.15, 0.2) is 107 Å². The highest BCUT2D eigenvalue weighted by Crippen LogP contribution is 2.39. The highest BCUT2D eigenvalue weighted by atomic mass is 16.5. The Balaban J connectivity index is 1.46. The van der Waals surface area contributed by atoms with Crippen LogP contribution in [0.2, 0.25) is 0 Å². The maximum atomic E-state index is 14.3. The molecule has 2 heterocycles. The number of hydrogen-bond acceptors (Lipinski definition) is 5. The van der Waals surface area contributed by atoms with Gasteiger partial charge in [-0.15, -0.1) is 0 Å². The van der Waals surface area contributed by atoms with Gasteiger partial charge in [-0.1, -0.05) is 97.9 Å².